The van der Waals surface area contributed by atoms with Crippen LogP contribution in [-0.4, -0.2) is 35.7 Å². The first-order chi connectivity index (χ1) is 9.04. The number of hydrogen-bond donors (Lipinski definition) is 3. The third-order valence-corrected chi connectivity index (χ3v) is 3.74. The summed E-state index contributed by atoms with van der Waals surface area (Å²) in [4.78, 5) is 12.0. The molecule has 1 amide bonds. The van der Waals surface area contributed by atoms with Gasteiger partial charge in [0.2, 0.25) is 5.91 Å². The lowest BCUT2D eigenvalue weighted by atomic mass is 10.1. The van der Waals surface area contributed by atoms with Gasteiger partial charge in [0.15, 0.2) is 0 Å². The monoisotopic (exact) mass is 326 g/mol. The van der Waals surface area contributed by atoms with E-state index in [4.69, 9.17) is 0 Å². The van der Waals surface area contributed by atoms with E-state index in [1.807, 2.05) is 25.1 Å². The summed E-state index contributed by atoms with van der Waals surface area (Å²) in [6.45, 7) is 2.49. The molecule has 0 aromatic heterocycles. The van der Waals surface area contributed by atoms with E-state index in [0.717, 1.165) is 10.9 Å². The van der Waals surface area contributed by atoms with Crippen molar-refractivity contribution in [2.24, 2.45) is 0 Å². The van der Waals surface area contributed by atoms with Crippen molar-refractivity contribution in [1.29, 1.82) is 0 Å². The van der Waals surface area contributed by atoms with Gasteiger partial charge in [-0.15, -0.1) is 0 Å². The molecule has 5 heteroatoms. The van der Waals surface area contributed by atoms with E-state index in [1.165, 1.54) is 5.56 Å². The average Bonchev–Trinajstić information content (AvgIpc) is 2.75. The van der Waals surface area contributed by atoms with Gasteiger partial charge in [0.05, 0.1) is 12.1 Å². The van der Waals surface area contributed by atoms with Crippen LogP contribution in [0.2, 0.25) is 0 Å². The fraction of sp³-hybridized carbons (Fsp3) is 0.500. The van der Waals surface area contributed by atoms with E-state index in [0.29, 0.717) is 13.0 Å². The molecule has 2 rings (SSSR count). The van der Waals surface area contributed by atoms with E-state index in [2.05, 4.69) is 32.6 Å². The molecule has 0 saturated carbocycles. The van der Waals surface area contributed by atoms with Gasteiger partial charge in [0, 0.05) is 17.1 Å². The average molecular weight is 327 g/mol. The van der Waals surface area contributed by atoms with Crippen molar-refractivity contribution in [1.82, 2.24) is 10.6 Å². The molecule has 104 valence electrons. The second-order valence-corrected chi connectivity index (χ2v) is 6.01. The normalized spacial score (nSPS) is 24.2. The molecule has 4 nitrogen and oxygen atoms in total. The second kappa shape index (κ2) is 6.50. The first-order valence-corrected chi connectivity index (χ1v) is 7.30. The number of aliphatic hydroxyl groups excluding tert-OH is 1. The Morgan fingerprint density at radius 3 is 3.05 bits per heavy atom. The summed E-state index contributed by atoms with van der Waals surface area (Å²) in [6.07, 6.45) is 0.881. The number of amides is 1. The summed E-state index contributed by atoms with van der Waals surface area (Å²) in [5, 5.41) is 15.4. The molecule has 0 radical (unpaired) electrons. The zero-order valence-corrected chi connectivity index (χ0v) is 12.5. The third-order valence-electron chi connectivity index (χ3n) is 3.24. The number of aliphatic hydroxyl groups is 1. The van der Waals surface area contributed by atoms with Crippen molar-refractivity contribution in [3.63, 3.8) is 0 Å². The van der Waals surface area contributed by atoms with Crippen molar-refractivity contribution < 1.29 is 9.90 Å². The number of nitrogens with one attached hydrogen (secondary N) is 2. The first kappa shape index (κ1) is 14.5. The van der Waals surface area contributed by atoms with Gasteiger partial charge in [0.1, 0.15) is 0 Å². The van der Waals surface area contributed by atoms with E-state index in [9.17, 15) is 9.90 Å². The molecule has 0 bridgehead atoms. The van der Waals surface area contributed by atoms with Crippen molar-refractivity contribution in [2.75, 3.05) is 6.54 Å². The maximum Gasteiger partial charge on any atom is 0.237 e. The van der Waals surface area contributed by atoms with Crippen LogP contribution in [0.15, 0.2) is 28.7 Å². The van der Waals surface area contributed by atoms with E-state index in [-0.39, 0.29) is 18.0 Å². The minimum absolute atomic E-state index is 0.0287. The van der Waals surface area contributed by atoms with Crippen molar-refractivity contribution >= 4 is 21.8 Å². The smallest absolute Gasteiger partial charge is 0.237 e. The molecule has 3 atom stereocenters. The lowest BCUT2D eigenvalue weighted by Crippen LogP contribution is -2.44. The third kappa shape index (κ3) is 4.30. The van der Waals surface area contributed by atoms with Crippen LogP contribution in [0.1, 0.15) is 18.9 Å². The molecule has 1 aromatic carbocycles. The molecule has 1 aromatic rings. The molecular weight excluding hydrogens is 308 g/mol. The van der Waals surface area contributed by atoms with Crippen molar-refractivity contribution in [2.45, 2.75) is 38.0 Å². The molecule has 1 heterocycles. The molecule has 1 saturated heterocycles. The topological polar surface area (TPSA) is 61.4 Å². The Morgan fingerprint density at radius 1 is 1.63 bits per heavy atom. The van der Waals surface area contributed by atoms with E-state index in [1.54, 1.807) is 0 Å². The Hall–Kier alpha value is -0.910. The molecule has 1 aliphatic rings. The minimum Gasteiger partial charge on any atom is -0.392 e. The standard InChI is InChI=1S/C14H19BrN2O2/c1-9(5-10-3-2-4-11(15)6-10)17-14(19)13-7-12(18)8-16-13/h2-4,6,9,12-13,16,18H,5,7-8H2,1H3,(H,17,19)/t9-,12-,13-/m1/s1. The Balaban J connectivity index is 1.84. The van der Waals surface area contributed by atoms with Gasteiger partial charge in [-0.1, -0.05) is 28.1 Å². The van der Waals surface area contributed by atoms with Crippen molar-refractivity contribution in [3.05, 3.63) is 34.3 Å². The highest BCUT2D eigenvalue weighted by atomic mass is 79.9. The lowest BCUT2D eigenvalue weighted by Gasteiger charge is -2.17. The maximum atomic E-state index is 12.0. The van der Waals surface area contributed by atoms with Crippen molar-refractivity contribution in [3.8, 4) is 0 Å². The molecule has 3 N–H and O–H groups in total. The van der Waals surface area contributed by atoms with Gasteiger partial charge >= 0.3 is 0 Å². The van der Waals surface area contributed by atoms with Crippen LogP contribution in [0.5, 0.6) is 0 Å². The molecule has 1 fully saturated rings. The lowest BCUT2D eigenvalue weighted by molar-refractivity contribution is -0.123. The quantitative estimate of drug-likeness (QED) is 0.779. The molecular formula is C14H19BrN2O2. The summed E-state index contributed by atoms with van der Waals surface area (Å²) in [5.41, 5.74) is 1.18. The predicted molar refractivity (Wildman–Crippen MR) is 77.9 cm³/mol. The highest BCUT2D eigenvalue weighted by Crippen LogP contribution is 2.13. The number of β-amino-alcohol motifs (C(OH)–C–C–N with tert-alkyl or cyclic N) is 1. The van der Waals surface area contributed by atoms with Gasteiger partial charge < -0.3 is 15.7 Å². The minimum atomic E-state index is -0.406. The summed E-state index contributed by atoms with van der Waals surface area (Å²) >= 11 is 3.44. The highest BCUT2D eigenvalue weighted by Gasteiger charge is 2.28. The highest BCUT2D eigenvalue weighted by molar-refractivity contribution is 9.10. The Kier molecular flexibility index (Phi) is 4.96. The Bertz CT molecular complexity index is 453. The molecule has 0 unspecified atom stereocenters. The summed E-state index contributed by atoms with van der Waals surface area (Å²) in [7, 11) is 0. The van der Waals surface area contributed by atoms with E-state index >= 15 is 0 Å². The van der Waals surface area contributed by atoms with Crippen LogP contribution < -0.4 is 10.6 Å². The molecule has 0 spiro atoms. The van der Waals surface area contributed by atoms with Gasteiger partial charge in [-0.05, 0) is 37.5 Å². The van der Waals surface area contributed by atoms with E-state index < -0.39 is 6.10 Å². The predicted octanol–water partition coefficient (Wildman–Crippen LogP) is 1.22. The number of carbonyl (C=O) groups excluding carboxylic acids is 1. The number of benzene rings is 1. The summed E-state index contributed by atoms with van der Waals surface area (Å²) in [6, 6.07) is 7.88. The number of carbonyl (C=O) groups is 1. The molecule has 19 heavy (non-hydrogen) atoms. The number of hydrogen-bond acceptors (Lipinski definition) is 3. The Labute approximate surface area is 121 Å². The summed E-state index contributed by atoms with van der Waals surface area (Å²) < 4.78 is 1.05. The Morgan fingerprint density at radius 2 is 2.42 bits per heavy atom. The molecule has 0 aliphatic carbocycles. The second-order valence-electron chi connectivity index (χ2n) is 5.09. The molecule has 1 aliphatic heterocycles. The van der Waals surface area contributed by atoms with Crippen LogP contribution in [-0.2, 0) is 11.2 Å². The van der Waals surface area contributed by atoms with Crippen LogP contribution in [0.25, 0.3) is 0 Å². The fourth-order valence-electron chi connectivity index (χ4n) is 2.33. The van der Waals surface area contributed by atoms with Gasteiger partial charge in [-0.3, -0.25) is 4.79 Å². The van der Waals surface area contributed by atoms with Gasteiger partial charge in [-0.2, -0.15) is 0 Å². The zero-order chi connectivity index (χ0) is 13.8. The largest absolute Gasteiger partial charge is 0.392 e. The van der Waals surface area contributed by atoms with Crippen LogP contribution in [0.4, 0.5) is 0 Å². The fourth-order valence-corrected chi connectivity index (χ4v) is 2.78. The van der Waals surface area contributed by atoms with Crippen LogP contribution >= 0.6 is 15.9 Å². The van der Waals surface area contributed by atoms with Gasteiger partial charge in [0.25, 0.3) is 0 Å². The maximum absolute atomic E-state index is 12.0. The van der Waals surface area contributed by atoms with Crippen LogP contribution in [0, 0.1) is 0 Å². The first-order valence-electron chi connectivity index (χ1n) is 6.51. The van der Waals surface area contributed by atoms with Crippen LogP contribution in [0.3, 0.4) is 0 Å². The SMILES string of the molecule is C[C@H](Cc1cccc(Br)c1)NC(=O)[C@H]1C[C@@H](O)CN1. The number of rotatable bonds is 4. The number of halogens is 1. The zero-order valence-electron chi connectivity index (χ0n) is 10.9. The van der Waals surface area contributed by atoms with Gasteiger partial charge in [-0.25, -0.2) is 0 Å². The summed E-state index contributed by atoms with van der Waals surface area (Å²) in [5.74, 6) is -0.0287.